The van der Waals surface area contributed by atoms with Gasteiger partial charge in [0.25, 0.3) is 0 Å². The number of fused-ring (bicyclic) bond motifs is 4. The Balaban J connectivity index is 1.19. The van der Waals surface area contributed by atoms with Crippen molar-refractivity contribution in [3.8, 4) is 39.9 Å². The highest BCUT2D eigenvalue weighted by Gasteiger charge is 2.49. The van der Waals surface area contributed by atoms with Gasteiger partial charge in [-0.15, -0.1) is 0 Å². The van der Waals surface area contributed by atoms with Crippen LogP contribution in [0.5, 0.6) is 28.7 Å². The Labute approximate surface area is 497 Å². The van der Waals surface area contributed by atoms with Crippen LogP contribution in [0.2, 0.25) is 0 Å². The molecule has 462 valence electrons. The fourth-order valence-electron chi connectivity index (χ4n) is 13.0. The van der Waals surface area contributed by atoms with Crippen LogP contribution in [0.3, 0.4) is 0 Å². The van der Waals surface area contributed by atoms with Crippen LogP contribution in [0.1, 0.15) is 135 Å². The molecule has 3 aromatic carbocycles. The van der Waals surface area contributed by atoms with E-state index in [1.54, 1.807) is 32.3 Å². The molecule has 4 fully saturated rings. The molecular formula is C63H86N8O14. The molecule has 4 saturated carbocycles. The van der Waals surface area contributed by atoms with Crippen LogP contribution < -0.4 is 57.2 Å². The van der Waals surface area contributed by atoms with Crippen LogP contribution in [0.4, 0.5) is 10.5 Å². The number of nitrogens with one attached hydrogen (secondary N) is 7. The fraction of sp³-hybridized carbons (Fsp3) is 0.571. The molecule has 0 spiro atoms. The molecule has 11 N–H and O–H groups in total. The van der Waals surface area contributed by atoms with E-state index in [4.69, 9.17) is 19.9 Å². The molecule has 7 atom stereocenters. The number of phenols is 2. The summed E-state index contributed by atoms with van der Waals surface area (Å²) in [4.78, 5) is 125. The van der Waals surface area contributed by atoms with Crippen LogP contribution in [0, 0.1) is 47.3 Å². The predicted octanol–water partition coefficient (Wildman–Crippen LogP) is 5.85. The molecule has 0 aromatic heterocycles. The van der Waals surface area contributed by atoms with Crippen molar-refractivity contribution in [3.05, 3.63) is 59.7 Å². The topological polar surface area (TPSA) is 332 Å². The van der Waals surface area contributed by atoms with Crippen molar-refractivity contribution in [2.45, 2.75) is 142 Å². The molecule has 22 heteroatoms. The molecule has 0 unspecified atom stereocenters. The number of amides is 6. The predicted molar refractivity (Wildman–Crippen MR) is 317 cm³/mol. The third-order valence-electron chi connectivity index (χ3n) is 17.3. The van der Waals surface area contributed by atoms with E-state index >= 15 is 4.79 Å². The minimum atomic E-state index is -1.51. The normalized spacial score (nSPS) is 22.8. The van der Waals surface area contributed by atoms with Gasteiger partial charge in [0.05, 0.1) is 23.9 Å². The quantitative estimate of drug-likeness (QED) is 0.0381. The largest absolute Gasteiger partial charge is 0.507 e. The minimum absolute atomic E-state index is 0.0270. The number of nitrogens with two attached hydrogens (primary N) is 1. The highest BCUT2D eigenvalue weighted by Crippen LogP contribution is 2.58. The summed E-state index contributed by atoms with van der Waals surface area (Å²) in [5, 5.41) is 43.5. The Morgan fingerprint density at radius 3 is 1.94 bits per heavy atom. The van der Waals surface area contributed by atoms with Gasteiger partial charge >= 0.3 is 6.09 Å². The van der Waals surface area contributed by atoms with Gasteiger partial charge in [-0.2, -0.15) is 0 Å². The lowest BCUT2D eigenvalue weighted by Gasteiger charge is -2.54. The molecular weight excluding hydrogens is 1090 g/mol. The smallest absolute Gasteiger partial charge is 0.417 e. The second-order valence-corrected chi connectivity index (χ2v) is 24.2. The summed E-state index contributed by atoms with van der Waals surface area (Å²) >= 11 is 0. The zero-order valence-corrected chi connectivity index (χ0v) is 50.1. The van der Waals surface area contributed by atoms with E-state index in [2.05, 4.69) is 37.2 Å². The lowest BCUT2D eigenvalue weighted by atomic mass is 9.51. The third-order valence-corrected chi connectivity index (χ3v) is 17.3. The highest BCUT2D eigenvalue weighted by atomic mass is 16.6. The first-order chi connectivity index (χ1) is 40.5. The number of ketones is 3. The molecule has 6 amide bonds. The van der Waals surface area contributed by atoms with Crippen molar-refractivity contribution < 1.29 is 67.6 Å². The van der Waals surface area contributed by atoms with E-state index in [-0.39, 0.29) is 70.4 Å². The summed E-state index contributed by atoms with van der Waals surface area (Å²) in [6, 6.07) is 6.14. The summed E-state index contributed by atoms with van der Waals surface area (Å²) in [7, 11) is 3.58. The third kappa shape index (κ3) is 16.9. The molecule has 85 heavy (non-hydrogen) atoms. The molecule has 8 rings (SSSR count). The number of hydrogen-bond donors (Lipinski definition) is 10. The van der Waals surface area contributed by atoms with Gasteiger partial charge in [0.15, 0.2) is 28.8 Å². The Hall–Kier alpha value is -7.59. The van der Waals surface area contributed by atoms with E-state index in [1.165, 1.54) is 51.5 Å². The first-order valence-corrected chi connectivity index (χ1v) is 29.9. The zero-order valence-electron chi connectivity index (χ0n) is 50.1. The maximum atomic E-state index is 15.2. The molecule has 4 aliphatic carbocycles. The average Bonchev–Trinajstić information content (AvgIpc) is 2.57. The van der Waals surface area contributed by atoms with Crippen molar-refractivity contribution in [3.63, 3.8) is 0 Å². The number of Topliss-reactive ketones (excluding diaryl/α,β-unsaturated/α-hetero) is 3. The van der Waals surface area contributed by atoms with Crippen LogP contribution >= 0.6 is 0 Å². The van der Waals surface area contributed by atoms with Crippen molar-refractivity contribution in [2.75, 3.05) is 45.7 Å². The molecule has 6 bridgehead atoms. The number of ether oxygens (including phenoxy) is 3. The van der Waals surface area contributed by atoms with Crippen LogP contribution in [0.25, 0.3) is 11.1 Å². The lowest BCUT2D eigenvalue weighted by Crippen LogP contribution is -2.50. The number of aromatic hydroxyl groups is 2. The Morgan fingerprint density at radius 1 is 0.706 bits per heavy atom. The number of benzene rings is 3. The van der Waals surface area contributed by atoms with Gasteiger partial charge in [-0.25, -0.2) is 4.79 Å². The van der Waals surface area contributed by atoms with Crippen LogP contribution in [-0.2, 0) is 38.4 Å². The standard InChI is InChI=1S/C63H86N8O14/c1-9-38(18-32(2)3)60(79)67-33(4)50(73)25-42(26-56(64)77)61(80)68-34(5)51(74)31-46-39-10-12-49(72)47(24-39)57-48(58(71-59(78)35(6)69-62(46)81)53(76)30-45-40-20-36-19-37(22-40)23-41(45)21-36)28-44(29-52(57)75)85-63(82)70-43-11-13-54(83-16-14-65-7)55(27-43)84-17-15-66-8/h10-13,24,27-29,32-38,40-42,45-46,58,65-66,72,75H,9,14-23,25-26,30-31H2,1-8H3,(H2,64,77)(H,67,79)(H,68,80)(H,69,81)(H,70,82)(H,71,78)/t33-,34-,35+,36?,37?,38-,40?,41?,42+,45?,46-,58+/m1/s1. The molecule has 0 saturated heterocycles. The highest BCUT2D eigenvalue weighted by molar-refractivity contribution is 6.00. The number of carbonyl (C=O) groups excluding carboxylic acids is 9. The number of phenolic OH excluding ortho intramolecular Hbond substituents is 2. The zero-order chi connectivity index (χ0) is 61.8. The van der Waals surface area contributed by atoms with Gasteiger partial charge in [0, 0.05) is 73.6 Å². The molecule has 5 aliphatic rings. The van der Waals surface area contributed by atoms with Gasteiger partial charge < -0.3 is 62.1 Å². The van der Waals surface area contributed by atoms with Crippen molar-refractivity contribution in [1.82, 2.24) is 31.9 Å². The Kier molecular flexibility index (Phi) is 22.5. The Bertz CT molecular complexity index is 2940. The van der Waals surface area contributed by atoms with Crippen molar-refractivity contribution in [1.29, 1.82) is 0 Å². The van der Waals surface area contributed by atoms with Gasteiger partial charge in [0.1, 0.15) is 42.5 Å². The average molecular weight is 1180 g/mol. The summed E-state index contributed by atoms with van der Waals surface area (Å²) < 4.78 is 17.7. The number of rotatable bonds is 28. The summed E-state index contributed by atoms with van der Waals surface area (Å²) in [6.07, 6.45) is 3.86. The van der Waals surface area contributed by atoms with Gasteiger partial charge in [-0.05, 0) is 157 Å². The number of likely N-dealkylation sites (N-methyl/N-ethyl adjacent to an activating group) is 2. The maximum Gasteiger partial charge on any atom is 0.417 e. The van der Waals surface area contributed by atoms with Crippen molar-refractivity contribution >= 4 is 58.7 Å². The second-order valence-electron chi connectivity index (χ2n) is 24.2. The SMILES string of the molecule is CC[C@H](CC(C)C)C(=O)N[C@H](C)C(=O)C[C@@H](CC(N)=O)C(=O)N[C@H](C)C(=O)C[C@H]1C(=O)N[C@@H](C)C(=O)N[C@H](C(=O)CC2C3CC4CC(C3)CC2C4)c2cc(OC(=O)Nc3ccc(OCCNC)c(OCCNC)c3)cc(O)c2-c2cc1ccc2O. The van der Waals surface area contributed by atoms with E-state index < -0.39 is 114 Å². The monoisotopic (exact) mass is 1180 g/mol. The van der Waals surface area contributed by atoms with Gasteiger partial charge in [0.2, 0.25) is 29.5 Å². The molecule has 3 aromatic rings. The van der Waals surface area contributed by atoms with E-state index in [0.717, 1.165) is 31.7 Å². The van der Waals surface area contributed by atoms with Crippen LogP contribution in [0.15, 0.2) is 48.5 Å². The number of primary amides is 1. The van der Waals surface area contributed by atoms with E-state index in [0.29, 0.717) is 67.7 Å². The Morgan fingerprint density at radius 2 is 1.33 bits per heavy atom. The van der Waals surface area contributed by atoms with E-state index in [1.807, 2.05) is 20.8 Å². The lowest BCUT2D eigenvalue weighted by molar-refractivity contribution is -0.136. The maximum absolute atomic E-state index is 15.2. The van der Waals surface area contributed by atoms with Gasteiger partial charge in [-0.1, -0.05) is 26.8 Å². The minimum Gasteiger partial charge on any atom is -0.507 e. The summed E-state index contributed by atoms with van der Waals surface area (Å²) in [6.45, 7) is 11.8. The van der Waals surface area contributed by atoms with E-state index in [9.17, 15) is 48.6 Å². The second kappa shape index (κ2) is 29.5. The molecule has 1 heterocycles. The summed E-state index contributed by atoms with van der Waals surface area (Å²) in [5.74, 6) is -6.64. The number of anilines is 1. The first kappa shape index (κ1) is 65.0. The summed E-state index contributed by atoms with van der Waals surface area (Å²) in [5.41, 5.74) is 5.67. The molecule has 1 aliphatic heterocycles. The number of hydrogen-bond acceptors (Lipinski definition) is 16. The molecule has 22 nitrogen and oxygen atoms in total. The fourth-order valence-corrected chi connectivity index (χ4v) is 13.0. The van der Waals surface area contributed by atoms with Crippen molar-refractivity contribution in [2.24, 2.45) is 53.1 Å². The van der Waals surface area contributed by atoms with Gasteiger partial charge in [-0.3, -0.25) is 43.7 Å². The first-order valence-electron chi connectivity index (χ1n) is 29.9. The van der Waals surface area contributed by atoms with Crippen LogP contribution in [-0.4, -0.2) is 122 Å². The molecule has 0 radical (unpaired) electrons. The number of carbonyl (C=O) groups is 9.